The summed E-state index contributed by atoms with van der Waals surface area (Å²) in [6.07, 6.45) is 0. The number of benzene rings is 1. The second-order valence-electron chi connectivity index (χ2n) is 3.28. The van der Waals surface area contributed by atoms with Crippen LogP contribution >= 0.6 is 35.0 Å². The van der Waals surface area contributed by atoms with Crippen molar-refractivity contribution in [3.8, 4) is 5.69 Å². The molecule has 0 aliphatic heterocycles. The molecule has 0 saturated carbocycles. The molecule has 1 aromatic heterocycles. The highest BCUT2D eigenvalue weighted by Gasteiger charge is 2.14. The van der Waals surface area contributed by atoms with E-state index in [1.165, 1.54) is 16.8 Å². The van der Waals surface area contributed by atoms with Gasteiger partial charge in [0.2, 0.25) is 5.16 Å². The lowest BCUT2D eigenvalue weighted by molar-refractivity contribution is -0.133. The molecule has 6 nitrogen and oxygen atoms in total. The van der Waals surface area contributed by atoms with Crippen LogP contribution in [0.15, 0.2) is 17.3 Å². The van der Waals surface area contributed by atoms with Crippen molar-refractivity contribution in [2.45, 2.75) is 5.16 Å². The number of rotatable bonds is 4. The highest BCUT2D eigenvalue weighted by Crippen LogP contribution is 2.27. The number of carboxylic acids is 1. The van der Waals surface area contributed by atoms with Crippen molar-refractivity contribution in [3.63, 3.8) is 0 Å². The summed E-state index contributed by atoms with van der Waals surface area (Å²) < 4.78 is 14.5. The first-order valence-corrected chi connectivity index (χ1v) is 6.51. The summed E-state index contributed by atoms with van der Waals surface area (Å²) in [6.45, 7) is 0. The van der Waals surface area contributed by atoms with E-state index in [0.717, 1.165) is 11.8 Å². The van der Waals surface area contributed by atoms with Crippen LogP contribution in [0.2, 0.25) is 10.0 Å². The largest absolute Gasteiger partial charge is 0.481 e. The molecule has 0 atom stereocenters. The first-order chi connectivity index (χ1) is 8.99. The molecule has 0 aliphatic rings. The molecule has 100 valence electrons. The van der Waals surface area contributed by atoms with Crippen molar-refractivity contribution in [1.29, 1.82) is 0 Å². The third-order valence-electron chi connectivity index (χ3n) is 1.98. The first kappa shape index (κ1) is 14.0. The molecule has 0 radical (unpaired) electrons. The number of aliphatic carboxylic acids is 1. The van der Waals surface area contributed by atoms with Crippen LogP contribution < -0.4 is 0 Å². The summed E-state index contributed by atoms with van der Waals surface area (Å²) in [5, 5.41) is 19.3. The van der Waals surface area contributed by atoms with Gasteiger partial charge in [0.25, 0.3) is 0 Å². The van der Waals surface area contributed by atoms with Gasteiger partial charge in [0, 0.05) is 0 Å². The van der Waals surface area contributed by atoms with Crippen LogP contribution in [0.3, 0.4) is 0 Å². The van der Waals surface area contributed by atoms with E-state index in [1.54, 1.807) is 0 Å². The zero-order valence-corrected chi connectivity index (χ0v) is 11.4. The summed E-state index contributed by atoms with van der Waals surface area (Å²) in [7, 11) is 0. The van der Waals surface area contributed by atoms with E-state index < -0.39 is 11.8 Å². The van der Waals surface area contributed by atoms with Crippen molar-refractivity contribution in [2.24, 2.45) is 0 Å². The Balaban J connectivity index is 2.37. The number of hydrogen-bond acceptors (Lipinski definition) is 5. The van der Waals surface area contributed by atoms with E-state index in [0.29, 0.717) is 5.69 Å². The van der Waals surface area contributed by atoms with E-state index in [9.17, 15) is 9.18 Å². The Morgan fingerprint density at radius 3 is 2.63 bits per heavy atom. The number of nitrogens with zero attached hydrogens (tertiary/aromatic N) is 4. The van der Waals surface area contributed by atoms with Crippen LogP contribution in [0.1, 0.15) is 0 Å². The summed E-state index contributed by atoms with van der Waals surface area (Å²) in [5.41, 5.74) is 0.342. The number of aromatic nitrogens is 4. The van der Waals surface area contributed by atoms with Crippen molar-refractivity contribution in [1.82, 2.24) is 20.2 Å². The van der Waals surface area contributed by atoms with E-state index in [-0.39, 0.29) is 21.0 Å². The minimum absolute atomic E-state index is 0.174. The maximum Gasteiger partial charge on any atom is 0.313 e. The van der Waals surface area contributed by atoms with E-state index in [2.05, 4.69) is 15.5 Å². The topological polar surface area (TPSA) is 80.9 Å². The third-order valence-corrected chi connectivity index (χ3v) is 3.43. The molecule has 0 spiro atoms. The Labute approximate surface area is 120 Å². The minimum Gasteiger partial charge on any atom is -0.481 e. The molecule has 2 aromatic rings. The van der Waals surface area contributed by atoms with Crippen molar-refractivity contribution >= 4 is 40.9 Å². The highest BCUT2D eigenvalue weighted by atomic mass is 35.5. The molecule has 19 heavy (non-hydrogen) atoms. The average Bonchev–Trinajstić information content (AvgIpc) is 2.81. The summed E-state index contributed by atoms with van der Waals surface area (Å²) in [4.78, 5) is 10.5. The number of halogens is 3. The molecule has 1 aromatic carbocycles. The first-order valence-electron chi connectivity index (χ1n) is 4.77. The summed E-state index contributed by atoms with van der Waals surface area (Å²) in [5.74, 6) is -1.95. The molecular formula is C9H5Cl2FN4O2S. The van der Waals surface area contributed by atoms with Gasteiger partial charge < -0.3 is 5.11 Å². The molecule has 0 fully saturated rings. The van der Waals surface area contributed by atoms with Gasteiger partial charge in [0.1, 0.15) is 0 Å². The molecule has 0 aliphatic carbocycles. The van der Waals surface area contributed by atoms with Crippen LogP contribution in [0.4, 0.5) is 4.39 Å². The summed E-state index contributed by atoms with van der Waals surface area (Å²) in [6, 6.07) is 2.59. The van der Waals surface area contributed by atoms with Gasteiger partial charge in [-0.3, -0.25) is 4.79 Å². The van der Waals surface area contributed by atoms with Gasteiger partial charge >= 0.3 is 5.97 Å². The van der Waals surface area contributed by atoms with Gasteiger partial charge in [0.05, 0.1) is 21.5 Å². The molecule has 2 rings (SSSR count). The van der Waals surface area contributed by atoms with Crippen molar-refractivity contribution in [2.75, 3.05) is 5.75 Å². The lowest BCUT2D eigenvalue weighted by Gasteiger charge is -2.05. The fourth-order valence-electron chi connectivity index (χ4n) is 1.22. The average molecular weight is 323 g/mol. The predicted octanol–water partition coefficient (Wildman–Crippen LogP) is 2.28. The predicted molar refractivity (Wildman–Crippen MR) is 67.5 cm³/mol. The normalized spacial score (nSPS) is 10.7. The molecule has 0 saturated heterocycles. The number of thioether (sulfide) groups is 1. The van der Waals surface area contributed by atoms with Gasteiger partial charge in [-0.05, 0) is 22.6 Å². The fraction of sp³-hybridized carbons (Fsp3) is 0.111. The Bertz CT molecular complexity index is 613. The Morgan fingerprint density at radius 2 is 2.05 bits per heavy atom. The molecular weight excluding hydrogens is 318 g/mol. The zero-order valence-electron chi connectivity index (χ0n) is 9.05. The maximum atomic E-state index is 13.3. The number of carbonyl (C=O) groups is 1. The molecule has 1 heterocycles. The smallest absolute Gasteiger partial charge is 0.313 e. The molecule has 10 heteroatoms. The molecule has 0 unspecified atom stereocenters. The lowest BCUT2D eigenvalue weighted by Crippen LogP contribution is -2.03. The van der Waals surface area contributed by atoms with Crippen LogP contribution in [-0.2, 0) is 4.79 Å². The monoisotopic (exact) mass is 322 g/mol. The molecule has 1 N–H and O–H groups in total. The zero-order chi connectivity index (χ0) is 14.0. The van der Waals surface area contributed by atoms with Gasteiger partial charge in [0.15, 0.2) is 5.82 Å². The van der Waals surface area contributed by atoms with E-state index >= 15 is 0 Å². The Morgan fingerprint density at radius 1 is 1.42 bits per heavy atom. The van der Waals surface area contributed by atoms with Gasteiger partial charge in [-0.25, -0.2) is 4.39 Å². The van der Waals surface area contributed by atoms with Crippen LogP contribution in [0.5, 0.6) is 0 Å². The van der Waals surface area contributed by atoms with Crippen molar-refractivity contribution < 1.29 is 14.3 Å². The highest BCUT2D eigenvalue weighted by molar-refractivity contribution is 7.99. The second kappa shape index (κ2) is 5.72. The van der Waals surface area contributed by atoms with Crippen LogP contribution in [0.25, 0.3) is 5.69 Å². The maximum absolute atomic E-state index is 13.3. The van der Waals surface area contributed by atoms with Gasteiger partial charge in [-0.15, -0.1) is 5.10 Å². The van der Waals surface area contributed by atoms with E-state index in [1.807, 2.05) is 0 Å². The van der Waals surface area contributed by atoms with Crippen LogP contribution in [-0.4, -0.2) is 37.0 Å². The number of tetrazole rings is 1. The third kappa shape index (κ3) is 3.14. The lowest BCUT2D eigenvalue weighted by atomic mass is 10.3. The van der Waals surface area contributed by atoms with Gasteiger partial charge in [-0.2, -0.15) is 4.68 Å². The quantitative estimate of drug-likeness (QED) is 0.687. The number of carboxylic acid groups (broad SMARTS) is 1. The molecule has 0 amide bonds. The Hall–Kier alpha value is -1.38. The van der Waals surface area contributed by atoms with Gasteiger partial charge in [-0.1, -0.05) is 35.0 Å². The number of hydrogen-bond donors (Lipinski definition) is 1. The van der Waals surface area contributed by atoms with Crippen LogP contribution in [0, 0.1) is 5.82 Å². The minimum atomic E-state index is -1.00. The summed E-state index contributed by atoms with van der Waals surface area (Å²) >= 11 is 12.3. The SMILES string of the molecule is O=C(O)CSc1nnnn1-c1cc(Cl)c(F)c(Cl)c1. The fourth-order valence-corrected chi connectivity index (χ4v) is 2.31. The van der Waals surface area contributed by atoms with E-state index in [4.69, 9.17) is 28.3 Å². The van der Waals surface area contributed by atoms with Crippen molar-refractivity contribution in [3.05, 3.63) is 28.0 Å². The molecule has 0 bridgehead atoms. The Kier molecular flexibility index (Phi) is 4.23. The second-order valence-corrected chi connectivity index (χ2v) is 5.04. The standard InChI is InChI=1S/C9H5Cl2FN4O2S/c10-5-1-4(2-6(11)8(5)12)16-9(13-14-15-16)19-3-7(17)18/h1-2H,3H2,(H,17,18).